The van der Waals surface area contributed by atoms with Gasteiger partial charge in [0.05, 0.1) is 5.69 Å². The molecule has 0 spiro atoms. The van der Waals surface area contributed by atoms with E-state index >= 15 is 0 Å². The summed E-state index contributed by atoms with van der Waals surface area (Å²) >= 11 is 0. The first kappa shape index (κ1) is 16.3. The first-order valence-electron chi connectivity index (χ1n) is 6.99. The van der Waals surface area contributed by atoms with Gasteiger partial charge in [0.25, 0.3) is 0 Å². The van der Waals surface area contributed by atoms with Crippen LogP contribution in [-0.4, -0.2) is 60.9 Å². The maximum Gasteiger partial charge on any atom is 0.313 e. The van der Waals surface area contributed by atoms with Crippen LogP contribution in [-0.2, 0) is 9.59 Å². The third-order valence-electron chi connectivity index (χ3n) is 3.48. The highest BCUT2D eigenvalue weighted by atomic mass is 19.1. The zero-order valence-corrected chi connectivity index (χ0v) is 12.0. The van der Waals surface area contributed by atoms with Gasteiger partial charge < -0.3 is 16.0 Å². The summed E-state index contributed by atoms with van der Waals surface area (Å²) < 4.78 is 26.2. The molecular formula is C14H18F2N4O2. The lowest BCUT2D eigenvalue weighted by Crippen LogP contribution is -2.52. The number of carbonyl (C=O) groups is 2. The van der Waals surface area contributed by atoms with Gasteiger partial charge in [0.1, 0.15) is 11.6 Å². The first-order chi connectivity index (χ1) is 10.5. The van der Waals surface area contributed by atoms with Crippen molar-refractivity contribution in [3.05, 3.63) is 29.8 Å². The number of nitrogens with zero attached hydrogens (tertiary/aromatic N) is 2. The molecule has 0 atom stereocenters. The number of benzene rings is 1. The van der Waals surface area contributed by atoms with E-state index in [0.29, 0.717) is 38.8 Å². The van der Waals surface area contributed by atoms with Crippen LogP contribution in [0.2, 0.25) is 0 Å². The molecule has 22 heavy (non-hydrogen) atoms. The van der Waals surface area contributed by atoms with E-state index in [0.717, 1.165) is 18.7 Å². The van der Waals surface area contributed by atoms with Crippen molar-refractivity contribution in [3.8, 4) is 0 Å². The summed E-state index contributed by atoms with van der Waals surface area (Å²) in [4.78, 5) is 27.4. The molecule has 0 saturated carbocycles. The number of nitrogens with two attached hydrogens (primary N) is 1. The fourth-order valence-corrected chi connectivity index (χ4v) is 2.27. The Bertz CT molecular complexity index is 560. The van der Waals surface area contributed by atoms with Crippen LogP contribution in [0.1, 0.15) is 0 Å². The number of anilines is 1. The molecule has 1 aromatic carbocycles. The molecule has 0 radical (unpaired) electrons. The van der Waals surface area contributed by atoms with Gasteiger partial charge in [-0.2, -0.15) is 0 Å². The van der Waals surface area contributed by atoms with Crippen LogP contribution in [0.5, 0.6) is 0 Å². The van der Waals surface area contributed by atoms with Crippen molar-refractivity contribution in [3.63, 3.8) is 0 Å². The average molecular weight is 312 g/mol. The van der Waals surface area contributed by atoms with Gasteiger partial charge >= 0.3 is 11.8 Å². The molecule has 1 saturated heterocycles. The van der Waals surface area contributed by atoms with E-state index in [1.54, 1.807) is 0 Å². The molecule has 0 aromatic heterocycles. The summed E-state index contributed by atoms with van der Waals surface area (Å²) in [6.45, 7) is 3.39. The fraction of sp³-hybridized carbons (Fsp3) is 0.429. The van der Waals surface area contributed by atoms with Gasteiger partial charge in [0.2, 0.25) is 0 Å². The molecule has 1 heterocycles. The van der Waals surface area contributed by atoms with Crippen molar-refractivity contribution < 1.29 is 18.4 Å². The first-order valence-corrected chi connectivity index (χ1v) is 6.99. The highest BCUT2D eigenvalue weighted by molar-refractivity contribution is 6.39. The lowest BCUT2D eigenvalue weighted by atomic mass is 10.2. The Morgan fingerprint density at radius 1 is 1.18 bits per heavy atom. The third-order valence-corrected chi connectivity index (χ3v) is 3.48. The minimum atomic E-state index is -0.933. The summed E-state index contributed by atoms with van der Waals surface area (Å²) in [6, 6.07) is 2.73. The molecule has 1 aliphatic rings. The van der Waals surface area contributed by atoms with Crippen LogP contribution in [0.4, 0.5) is 14.5 Å². The maximum atomic E-state index is 13.5. The minimum absolute atomic E-state index is 0.221. The second-order valence-electron chi connectivity index (χ2n) is 5.00. The van der Waals surface area contributed by atoms with E-state index in [1.807, 2.05) is 0 Å². The second-order valence-corrected chi connectivity index (χ2v) is 5.00. The number of carbonyl (C=O) groups excluding carboxylic acids is 2. The summed E-state index contributed by atoms with van der Waals surface area (Å²) in [5, 5.41) is 2.17. The Hall–Kier alpha value is -2.06. The SMILES string of the molecule is NCCN1CCN(C(=O)C(=O)Nc2ccc(F)cc2F)CC1. The molecule has 0 aliphatic carbocycles. The smallest absolute Gasteiger partial charge is 0.313 e. The van der Waals surface area contributed by atoms with Crippen LogP contribution in [0.3, 0.4) is 0 Å². The molecule has 8 heteroatoms. The van der Waals surface area contributed by atoms with Crippen molar-refractivity contribution in [2.75, 3.05) is 44.6 Å². The van der Waals surface area contributed by atoms with Crippen LogP contribution in [0.25, 0.3) is 0 Å². The molecule has 2 amide bonds. The predicted molar refractivity (Wildman–Crippen MR) is 77.1 cm³/mol. The number of piperazine rings is 1. The molecule has 1 aromatic rings. The summed E-state index contributed by atoms with van der Waals surface area (Å²) in [6.07, 6.45) is 0. The Kier molecular flexibility index (Phi) is 5.40. The number of rotatable bonds is 3. The van der Waals surface area contributed by atoms with E-state index < -0.39 is 23.4 Å². The predicted octanol–water partition coefficient (Wildman–Crippen LogP) is 0.00620. The van der Waals surface area contributed by atoms with Crippen molar-refractivity contribution in [2.45, 2.75) is 0 Å². The van der Waals surface area contributed by atoms with E-state index in [9.17, 15) is 18.4 Å². The van der Waals surface area contributed by atoms with Crippen LogP contribution in [0.15, 0.2) is 18.2 Å². The Balaban J connectivity index is 1.91. The zero-order chi connectivity index (χ0) is 16.1. The van der Waals surface area contributed by atoms with Crippen molar-refractivity contribution in [2.24, 2.45) is 5.73 Å². The Labute approximate surface area is 126 Å². The van der Waals surface area contributed by atoms with E-state index in [2.05, 4.69) is 10.2 Å². The van der Waals surface area contributed by atoms with Gasteiger partial charge in [0.15, 0.2) is 0 Å². The van der Waals surface area contributed by atoms with Crippen molar-refractivity contribution >= 4 is 17.5 Å². The third kappa shape index (κ3) is 3.99. The molecule has 0 unspecified atom stereocenters. The molecule has 3 N–H and O–H groups in total. The molecule has 1 fully saturated rings. The lowest BCUT2D eigenvalue weighted by molar-refractivity contribution is -0.144. The van der Waals surface area contributed by atoms with Gasteiger partial charge in [-0.1, -0.05) is 0 Å². The fourth-order valence-electron chi connectivity index (χ4n) is 2.27. The topological polar surface area (TPSA) is 78.7 Å². The normalized spacial score (nSPS) is 15.7. The van der Waals surface area contributed by atoms with Crippen LogP contribution >= 0.6 is 0 Å². The van der Waals surface area contributed by atoms with Crippen molar-refractivity contribution in [1.82, 2.24) is 9.80 Å². The number of halogens is 2. The maximum absolute atomic E-state index is 13.5. The Morgan fingerprint density at radius 3 is 2.45 bits per heavy atom. The molecule has 0 bridgehead atoms. The van der Waals surface area contributed by atoms with Gasteiger partial charge in [0, 0.05) is 45.3 Å². The standard InChI is InChI=1S/C14H18F2N4O2/c15-10-1-2-12(11(16)9-10)18-13(21)14(22)20-7-5-19(4-3-17)6-8-20/h1-2,9H,3-8,17H2,(H,18,21). The van der Waals surface area contributed by atoms with Gasteiger partial charge in [-0.3, -0.25) is 14.5 Å². The van der Waals surface area contributed by atoms with Gasteiger partial charge in [-0.25, -0.2) is 8.78 Å². The average Bonchev–Trinajstić information content (AvgIpc) is 2.50. The number of hydrogen-bond donors (Lipinski definition) is 2. The van der Waals surface area contributed by atoms with Crippen LogP contribution in [0, 0.1) is 11.6 Å². The Morgan fingerprint density at radius 2 is 1.86 bits per heavy atom. The monoisotopic (exact) mass is 312 g/mol. The van der Waals surface area contributed by atoms with Gasteiger partial charge in [-0.05, 0) is 12.1 Å². The number of amides is 2. The summed E-state index contributed by atoms with van der Waals surface area (Å²) in [5.41, 5.74) is 5.24. The van der Waals surface area contributed by atoms with E-state index in [1.165, 1.54) is 4.90 Å². The highest BCUT2D eigenvalue weighted by Gasteiger charge is 2.26. The quantitative estimate of drug-likeness (QED) is 0.771. The zero-order valence-electron chi connectivity index (χ0n) is 12.0. The number of hydrogen-bond acceptors (Lipinski definition) is 4. The van der Waals surface area contributed by atoms with E-state index in [-0.39, 0.29) is 5.69 Å². The van der Waals surface area contributed by atoms with Crippen molar-refractivity contribution in [1.29, 1.82) is 0 Å². The van der Waals surface area contributed by atoms with E-state index in [4.69, 9.17) is 5.73 Å². The number of nitrogens with one attached hydrogen (secondary N) is 1. The molecular weight excluding hydrogens is 294 g/mol. The van der Waals surface area contributed by atoms with Crippen LogP contribution < -0.4 is 11.1 Å². The second kappa shape index (κ2) is 7.28. The molecule has 2 rings (SSSR count). The highest BCUT2D eigenvalue weighted by Crippen LogP contribution is 2.15. The summed E-state index contributed by atoms with van der Waals surface area (Å²) in [5.74, 6) is -3.33. The lowest BCUT2D eigenvalue weighted by Gasteiger charge is -2.34. The molecule has 120 valence electrons. The van der Waals surface area contributed by atoms with Gasteiger partial charge in [-0.15, -0.1) is 0 Å². The largest absolute Gasteiger partial charge is 0.332 e. The molecule has 6 nitrogen and oxygen atoms in total. The molecule has 1 aliphatic heterocycles. The summed E-state index contributed by atoms with van der Waals surface area (Å²) in [7, 11) is 0. The minimum Gasteiger partial charge on any atom is -0.332 e.